The topological polar surface area (TPSA) is 58.9 Å². The van der Waals surface area contributed by atoms with E-state index in [1.54, 1.807) is 11.3 Å². The summed E-state index contributed by atoms with van der Waals surface area (Å²) in [5.74, 6) is 0.319. The molecule has 0 spiro atoms. The summed E-state index contributed by atoms with van der Waals surface area (Å²) < 4.78 is 1.82. The predicted molar refractivity (Wildman–Crippen MR) is 99.8 cm³/mol. The first-order valence-electron chi connectivity index (χ1n) is 8.42. The highest BCUT2D eigenvalue weighted by Crippen LogP contribution is 2.26. The fourth-order valence-electron chi connectivity index (χ4n) is 3.08. The van der Waals surface area contributed by atoms with Gasteiger partial charge in [0, 0.05) is 6.54 Å². The normalized spacial score (nSPS) is 17.8. The van der Waals surface area contributed by atoms with Gasteiger partial charge in [-0.3, -0.25) is 10.1 Å². The van der Waals surface area contributed by atoms with Crippen LogP contribution >= 0.6 is 11.3 Å². The molecule has 0 bridgehead atoms. The van der Waals surface area contributed by atoms with Gasteiger partial charge in [0.25, 0.3) is 5.91 Å². The molecule has 0 radical (unpaired) electrons. The molecule has 2 aromatic heterocycles. The van der Waals surface area contributed by atoms with Crippen molar-refractivity contribution in [3.05, 3.63) is 65.2 Å². The molecule has 0 aliphatic carbocycles. The molecular formula is C19H20N4OS. The maximum Gasteiger partial charge on any atom is 0.269 e. The van der Waals surface area contributed by atoms with Crippen LogP contribution in [-0.2, 0) is 0 Å². The molecule has 0 fully saturated rings. The quantitative estimate of drug-likeness (QED) is 0.741. The molecule has 2 N–H and O–H groups in total. The van der Waals surface area contributed by atoms with E-state index in [4.69, 9.17) is 0 Å². The van der Waals surface area contributed by atoms with E-state index in [-0.39, 0.29) is 12.1 Å². The Morgan fingerprint density at radius 1 is 1.32 bits per heavy atom. The first kappa shape index (κ1) is 16.1. The van der Waals surface area contributed by atoms with Gasteiger partial charge in [0.1, 0.15) is 17.6 Å². The number of aromatic nitrogens is 2. The van der Waals surface area contributed by atoms with Crippen LogP contribution in [0.5, 0.6) is 0 Å². The fraction of sp³-hybridized carbons (Fsp3) is 0.263. The van der Waals surface area contributed by atoms with Crippen LogP contribution in [0.1, 0.15) is 35.1 Å². The number of nitrogens with zero attached hydrogens (tertiary/aromatic N) is 2. The molecule has 25 heavy (non-hydrogen) atoms. The molecule has 0 unspecified atom stereocenters. The Labute approximate surface area is 150 Å². The van der Waals surface area contributed by atoms with Crippen molar-refractivity contribution in [3.63, 3.8) is 0 Å². The number of fused-ring (bicyclic) bond motifs is 1. The van der Waals surface area contributed by atoms with Crippen LogP contribution in [0.2, 0.25) is 0 Å². The molecule has 4 rings (SSSR count). The first-order valence-corrected chi connectivity index (χ1v) is 9.30. The van der Waals surface area contributed by atoms with Crippen molar-refractivity contribution in [2.24, 2.45) is 0 Å². The van der Waals surface area contributed by atoms with Gasteiger partial charge in [-0.05, 0) is 29.0 Å². The van der Waals surface area contributed by atoms with E-state index < -0.39 is 0 Å². The van der Waals surface area contributed by atoms with Crippen LogP contribution < -0.4 is 10.6 Å². The Kier molecular flexibility index (Phi) is 4.38. The molecule has 3 aromatic rings. The lowest BCUT2D eigenvalue weighted by atomic mass is 10.0. The second kappa shape index (κ2) is 6.82. The van der Waals surface area contributed by atoms with E-state index >= 15 is 0 Å². The minimum absolute atomic E-state index is 0.0347. The lowest BCUT2D eigenvalue weighted by Crippen LogP contribution is -2.46. The van der Waals surface area contributed by atoms with Gasteiger partial charge in [-0.25, -0.2) is 4.68 Å². The number of rotatable bonds is 5. The van der Waals surface area contributed by atoms with Crippen molar-refractivity contribution in [1.29, 1.82) is 0 Å². The Balaban J connectivity index is 1.52. The number of carbonyl (C=O) groups excluding carboxylic acids is 1. The molecule has 128 valence electrons. The van der Waals surface area contributed by atoms with E-state index in [1.165, 1.54) is 5.56 Å². The third kappa shape index (κ3) is 3.23. The Morgan fingerprint density at radius 2 is 2.16 bits per heavy atom. The number of hydrogen-bond donors (Lipinski definition) is 2. The van der Waals surface area contributed by atoms with Crippen molar-refractivity contribution >= 4 is 17.2 Å². The molecule has 0 saturated heterocycles. The molecular weight excluding hydrogens is 332 g/mol. The summed E-state index contributed by atoms with van der Waals surface area (Å²) in [6.45, 7) is 3.56. The number of amides is 1. The van der Waals surface area contributed by atoms with E-state index in [0.717, 1.165) is 17.1 Å². The molecule has 1 aromatic carbocycles. The van der Waals surface area contributed by atoms with E-state index in [0.29, 0.717) is 18.2 Å². The number of benzene rings is 1. The monoisotopic (exact) mass is 352 g/mol. The van der Waals surface area contributed by atoms with E-state index in [9.17, 15) is 4.79 Å². The minimum Gasteiger partial charge on any atom is -0.347 e. The van der Waals surface area contributed by atoms with Crippen LogP contribution in [0.15, 0.2) is 53.9 Å². The zero-order valence-electron chi connectivity index (χ0n) is 14.0. The van der Waals surface area contributed by atoms with Crippen molar-refractivity contribution < 1.29 is 4.79 Å². The van der Waals surface area contributed by atoms with Gasteiger partial charge in [-0.15, -0.1) is 11.3 Å². The van der Waals surface area contributed by atoms with Crippen molar-refractivity contribution in [3.8, 4) is 10.6 Å². The van der Waals surface area contributed by atoms with Crippen LogP contribution in [0.3, 0.4) is 0 Å². The predicted octanol–water partition coefficient (Wildman–Crippen LogP) is 3.25. The summed E-state index contributed by atoms with van der Waals surface area (Å²) in [5, 5.41) is 13.2. The third-order valence-corrected chi connectivity index (χ3v) is 5.41. The summed E-state index contributed by atoms with van der Waals surface area (Å²) in [5.41, 5.74) is 2.76. The van der Waals surface area contributed by atoms with Crippen LogP contribution in [0.4, 0.5) is 0 Å². The lowest BCUT2D eigenvalue weighted by molar-refractivity contribution is 0.0900. The number of nitrogens with one attached hydrogen (secondary N) is 2. The van der Waals surface area contributed by atoms with E-state index in [2.05, 4.69) is 46.9 Å². The van der Waals surface area contributed by atoms with Crippen molar-refractivity contribution in [2.75, 3.05) is 13.1 Å². The molecule has 6 heteroatoms. The second-order valence-corrected chi connectivity index (χ2v) is 7.23. The zero-order chi connectivity index (χ0) is 17.2. The molecule has 1 aliphatic rings. The average Bonchev–Trinajstić information content (AvgIpc) is 3.31. The zero-order valence-corrected chi connectivity index (χ0v) is 14.8. The van der Waals surface area contributed by atoms with Crippen LogP contribution in [0, 0.1) is 0 Å². The maximum absolute atomic E-state index is 12.2. The molecule has 0 saturated carbocycles. The third-order valence-electron chi connectivity index (χ3n) is 4.52. The summed E-state index contributed by atoms with van der Waals surface area (Å²) in [6.07, 6.45) is -0.0347. The minimum atomic E-state index is -0.0653. The SMILES string of the molecule is C[C@H](CN[C@@H]1CNC(=O)c2cc(-c3cccs3)nn21)c1ccccc1. The first-order chi connectivity index (χ1) is 12.2. The molecule has 2 atom stereocenters. The van der Waals surface area contributed by atoms with Crippen molar-refractivity contribution in [2.45, 2.75) is 19.0 Å². The van der Waals surface area contributed by atoms with Gasteiger partial charge < -0.3 is 5.32 Å². The summed E-state index contributed by atoms with van der Waals surface area (Å²) in [4.78, 5) is 13.3. The Morgan fingerprint density at radius 3 is 2.92 bits per heavy atom. The summed E-state index contributed by atoms with van der Waals surface area (Å²) in [7, 11) is 0. The maximum atomic E-state index is 12.2. The fourth-order valence-corrected chi connectivity index (χ4v) is 3.76. The highest BCUT2D eigenvalue weighted by Gasteiger charge is 2.27. The van der Waals surface area contributed by atoms with Gasteiger partial charge in [0.05, 0.1) is 11.4 Å². The second-order valence-electron chi connectivity index (χ2n) is 6.28. The summed E-state index contributed by atoms with van der Waals surface area (Å²) >= 11 is 1.63. The number of carbonyl (C=O) groups is 1. The highest BCUT2D eigenvalue weighted by atomic mass is 32.1. The molecule has 5 nitrogen and oxygen atoms in total. The number of thiophene rings is 1. The van der Waals surface area contributed by atoms with Crippen LogP contribution in [0.25, 0.3) is 10.6 Å². The largest absolute Gasteiger partial charge is 0.347 e. The molecule has 1 aliphatic heterocycles. The van der Waals surface area contributed by atoms with Gasteiger partial charge in [-0.2, -0.15) is 5.10 Å². The van der Waals surface area contributed by atoms with Crippen molar-refractivity contribution in [1.82, 2.24) is 20.4 Å². The molecule has 1 amide bonds. The average molecular weight is 352 g/mol. The summed E-state index contributed by atoms with van der Waals surface area (Å²) in [6, 6.07) is 16.3. The van der Waals surface area contributed by atoms with E-state index in [1.807, 2.05) is 34.3 Å². The van der Waals surface area contributed by atoms with Gasteiger partial charge in [0.2, 0.25) is 0 Å². The smallest absolute Gasteiger partial charge is 0.269 e. The lowest BCUT2D eigenvalue weighted by Gasteiger charge is -2.27. The Hall–Kier alpha value is -2.44. The van der Waals surface area contributed by atoms with Gasteiger partial charge >= 0.3 is 0 Å². The number of hydrogen-bond acceptors (Lipinski definition) is 4. The Bertz CT molecular complexity index is 857. The van der Waals surface area contributed by atoms with Crippen LogP contribution in [-0.4, -0.2) is 28.8 Å². The van der Waals surface area contributed by atoms with Gasteiger partial charge in [0.15, 0.2) is 0 Å². The van der Waals surface area contributed by atoms with Gasteiger partial charge in [-0.1, -0.05) is 43.3 Å². The standard InChI is InChI=1S/C19H20N4OS/c1-13(14-6-3-2-4-7-14)11-20-18-12-21-19(24)16-10-15(22-23(16)18)17-8-5-9-25-17/h2-10,13,18,20H,11-12H2,1H3,(H,21,24)/t13-,18+/m1/s1. The highest BCUT2D eigenvalue weighted by molar-refractivity contribution is 7.13. The molecule has 3 heterocycles.